The van der Waals surface area contributed by atoms with Crippen molar-refractivity contribution in [3.8, 4) is 0 Å². The lowest BCUT2D eigenvalue weighted by atomic mass is 9.99. The molecule has 6 nitrogen and oxygen atoms in total. The first-order valence-corrected chi connectivity index (χ1v) is 12.3. The molecular weight excluding hydrogens is 467 g/mol. The Morgan fingerprint density at radius 3 is 2.88 bits per heavy atom. The van der Waals surface area contributed by atoms with E-state index in [1.807, 2.05) is 22.8 Å². The number of nitrogens with zero attached hydrogens (tertiary/aromatic N) is 2. The summed E-state index contributed by atoms with van der Waals surface area (Å²) in [5.74, 6) is 0.0810. The molecule has 3 aromatic rings. The van der Waals surface area contributed by atoms with Crippen molar-refractivity contribution < 1.29 is 9.59 Å². The van der Waals surface area contributed by atoms with E-state index in [1.165, 1.54) is 23.8 Å². The summed E-state index contributed by atoms with van der Waals surface area (Å²) in [6.45, 7) is 4.07. The van der Waals surface area contributed by atoms with Gasteiger partial charge in [-0.2, -0.15) is 0 Å². The maximum Gasteiger partial charge on any atom is 0.268 e. The van der Waals surface area contributed by atoms with Gasteiger partial charge in [0.2, 0.25) is 11.9 Å². The smallest absolute Gasteiger partial charge is 0.268 e. The molecule has 2 amide bonds. The van der Waals surface area contributed by atoms with Gasteiger partial charge in [0.1, 0.15) is 0 Å². The van der Waals surface area contributed by atoms with E-state index >= 15 is 0 Å². The minimum absolute atomic E-state index is 0.0781. The molecule has 1 fully saturated rings. The number of carbonyl (C=O) groups is 2. The van der Waals surface area contributed by atoms with Crippen molar-refractivity contribution in [2.45, 2.75) is 44.0 Å². The van der Waals surface area contributed by atoms with Gasteiger partial charge in [-0.15, -0.1) is 22.9 Å². The fourth-order valence-electron chi connectivity index (χ4n) is 4.07. The standard InChI is InChI=1S/C23H24Cl2N4O2S/c1-2-20(30)26-15-11-19(32-13-15)22(31)28-23-27-18-10-6-9-17(25)21(18)29(23)12-14-7-4-3-5-8-16(14)24/h2,6,9-11,13-14,16H,1,3-5,7-8,12H2,(H,26,30)(H,27,28,31). The van der Waals surface area contributed by atoms with E-state index in [1.54, 1.807) is 11.4 Å². The van der Waals surface area contributed by atoms with Gasteiger partial charge in [0.05, 0.1) is 26.6 Å². The number of thiophene rings is 1. The minimum Gasteiger partial charge on any atom is -0.322 e. The lowest BCUT2D eigenvalue weighted by Gasteiger charge is -2.22. The fraction of sp³-hybridized carbons (Fsp3) is 0.348. The summed E-state index contributed by atoms with van der Waals surface area (Å²) in [6, 6.07) is 7.18. The van der Waals surface area contributed by atoms with Gasteiger partial charge in [0.25, 0.3) is 5.91 Å². The zero-order valence-electron chi connectivity index (χ0n) is 17.4. The first-order chi connectivity index (χ1) is 15.5. The van der Waals surface area contributed by atoms with Crippen molar-refractivity contribution in [3.05, 3.63) is 52.2 Å². The molecule has 0 aliphatic heterocycles. The highest BCUT2D eigenvalue weighted by atomic mass is 35.5. The number of rotatable bonds is 6. The van der Waals surface area contributed by atoms with Crippen LogP contribution >= 0.6 is 34.5 Å². The maximum atomic E-state index is 13.0. The number of benzene rings is 1. The highest BCUT2D eigenvalue weighted by Crippen LogP contribution is 2.33. The second-order valence-electron chi connectivity index (χ2n) is 7.91. The fourth-order valence-corrected chi connectivity index (χ4v) is 5.44. The van der Waals surface area contributed by atoms with Crippen LogP contribution in [0.1, 0.15) is 41.8 Å². The lowest BCUT2D eigenvalue weighted by molar-refractivity contribution is -0.111. The summed E-state index contributed by atoms with van der Waals surface area (Å²) in [5.41, 5.74) is 2.06. The quantitative estimate of drug-likeness (QED) is 0.241. The molecule has 2 unspecified atom stereocenters. The summed E-state index contributed by atoms with van der Waals surface area (Å²) < 4.78 is 1.98. The highest BCUT2D eigenvalue weighted by molar-refractivity contribution is 7.12. The number of hydrogen-bond donors (Lipinski definition) is 2. The van der Waals surface area contributed by atoms with E-state index in [0.717, 1.165) is 36.7 Å². The molecule has 1 aliphatic carbocycles. The van der Waals surface area contributed by atoms with Crippen LogP contribution < -0.4 is 10.6 Å². The summed E-state index contributed by atoms with van der Waals surface area (Å²) in [6.07, 6.45) is 6.68. The zero-order chi connectivity index (χ0) is 22.7. The number of amides is 2. The molecule has 0 saturated heterocycles. The lowest BCUT2D eigenvalue weighted by Crippen LogP contribution is -2.22. The van der Waals surface area contributed by atoms with Crippen LogP contribution in [0.25, 0.3) is 11.0 Å². The molecule has 32 heavy (non-hydrogen) atoms. The molecule has 4 rings (SSSR count). The molecule has 2 heterocycles. The summed E-state index contributed by atoms with van der Waals surface area (Å²) in [5, 5.41) is 7.96. The van der Waals surface area contributed by atoms with Crippen LogP contribution in [0.15, 0.2) is 42.3 Å². The second-order valence-corrected chi connectivity index (χ2v) is 9.79. The summed E-state index contributed by atoms with van der Waals surface area (Å²) >= 11 is 14.5. The Morgan fingerprint density at radius 2 is 2.06 bits per heavy atom. The topological polar surface area (TPSA) is 76.0 Å². The van der Waals surface area contributed by atoms with Crippen molar-refractivity contribution in [1.82, 2.24) is 9.55 Å². The second kappa shape index (κ2) is 10.1. The molecule has 2 N–H and O–H groups in total. The summed E-state index contributed by atoms with van der Waals surface area (Å²) in [4.78, 5) is 29.6. The monoisotopic (exact) mass is 490 g/mol. The molecule has 0 radical (unpaired) electrons. The van der Waals surface area contributed by atoms with Gasteiger partial charge < -0.3 is 9.88 Å². The van der Waals surface area contributed by atoms with Crippen LogP contribution in [0.4, 0.5) is 11.6 Å². The normalized spacial score (nSPS) is 18.8. The van der Waals surface area contributed by atoms with E-state index in [9.17, 15) is 9.59 Å². The molecule has 2 atom stereocenters. The number of alkyl halides is 1. The molecule has 1 aromatic carbocycles. The Kier molecular flexibility index (Phi) is 7.18. The summed E-state index contributed by atoms with van der Waals surface area (Å²) in [7, 11) is 0. The molecule has 0 bridgehead atoms. The van der Waals surface area contributed by atoms with E-state index < -0.39 is 0 Å². The van der Waals surface area contributed by atoms with Gasteiger partial charge >= 0.3 is 0 Å². The van der Waals surface area contributed by atoms with Crippen LogP contribution in [0.3, 0.4) is 0 Å². The van der Waals surface area contributed by atoms with Crippen molar-refractivity contribution in [3.63, 3.8) is 0 Å². The number of halogens is 2. The maximum absolute atomic E-state index is 13.0. The Balaban J connectivity index is 1.62. The Bertz CT molecular complexity index is 1160. The van der Waals surface area contributed by atoms with E-state index in [4.69, 9.17) is 23.2 Å². The number of aromatic nitrogens is 2. The van der Waals surface area contributed by atoms with E-state index in [-0.39, 0.29) is 23.1 Å². The number of imidazole rings is 1. The van der Waals surface area contributed by atoms with Crippen LogP contribution in [-0.2, 0) is 11.3 Å². The Hall–Kier alpha value is -2.35. The Morgan fingerprint density at radius 1 is 1.25 bits per heavy atom. The van der Waals surface area contributed by atoms with Gasteiger partial charge in [0, 0.05) is 17.3 Å². The van der Waals surface area contributed by atoms with Gasteiger partial charge in [-0.3, -0.25) is 14.9 Å². The SMILES string of the molecule is C=CC(=O)Nc1csc(C(=O)Nc2nc3cccc(Cl)c3n2CC2CCCCCC2Cl)c1. The average Bonchev–Trinajstić information content (AvgIpc) is 3.31. The molecule has 168 valence electrons. The van der Waals surface area contributed by atoms with Gasteiger partial charge in [0.15, 0.2) is 0 Å². The average molecular weight is 491 g/mol. The number of fused-ring (bicyclic) bond motifs is 1. The third kappa shape index (κ3) is 5.00. The van der Waals surface area contributed by atoms with Gasteiger partial charge in [-0.25, -0.2) is 4.98 Å². The van der Waals surface area contributed by atoms with Gasteiger partial charge in [-0.1, -0.05) is 43.5 Å². The molecule has 9 heteroatoms. The third-order valence-electron chi connectivity index (χ3n) is 5.70. The van der Waals surface area contributed by atoms with Crippen molar-refractivity contribution in [1.29, 1.82) is 0 Å². The number of anilines is 2. The first kappa shape index (κ1) is 22.8. The van der Waals surface area contributed by atoms with Crippen LogP contribution in [0.5, 0.6) is 0 Å². The molecule has 2 aromatic heterocycles. The largest absolute Gasteiger partial charge is 0.322 e. The highest BCUT2D eigenvalue weighted by Gasteiger charge is 2.25. The predicted molar refractivity (Wildman–Crippen MR) is 132 cm³/mol. The molecule has 0 spiro atoms. The van der Waals surface area contributed by atoms with Crippen LogP contribution in [0.2, 0.25) is 5.02 Å². The molecule has 1 aliphatic rings. The minimum atomic E-state index is -0.328. The molecule has 1 saturated carbocycles. The van der Waals surface area contributed by atoms with E-state index in [0.29, 0.717) is 28.1 Å². The number of carbonyl (C=O) groups excluding carboxylic acids is 2. The number of hydrogen-bond acceptors (Lipinski definition) is 4. The predicted octanol–water partition coefficient (Wildman–Crippen LogP) is 6.32. The Labute approximate surface area is 200 Å². The van der Waals surface area contributed by atoms with Crippen LogP contribution in [-0.4, -0.2) is 26.7 Å². The van der Waals surface area contributed by atoms with Gasteiger partial charge in [-0.05, 0) is 43.0 Å². The van der Waals surface area contributed by atoms with Crippen molar-refractivity contribution in [2.24, 2.45) is 5.92 Å². The van der Waals surface area contributed by atoms with E-state index in [2.05, 4.69) is 22.2 Å². The zero-order valence-corrected chi connectivity index (χ0v) is 19.8. The van der Waals surface area contributed by atoms with Crippen LogP contribution in [0, 0.1) is 5.92 Å². The van der Waals surface area contributed by atoms with Crippen molar-refractivity contribution in [2.75, 3.05) is 10.6 Å². The van der Waals surface area contributed by atoms with Crippen molar-refractivity contribution >= 4 is 69.0 Å². The third-order valence-corrected chi connectivity index (χ3v) is 7.51. The number of para-hydroxylation sites is 1. The first-order valence-electron chi connectivity index (χ1n) is 10.6. The number of nitrogens with one attached hydrogen (secondary N) is 2. The molecular formula is C23H24Cl2N4O2S.